The summed E-state index contributed by atoms with van der Waals surface area (Å²) in [5.74, 6) is -0.451. The number of nitrogens with zero attached hydrogens (tertiary/aromatic N) is 2. The largest absolute Gasteiger partial charge is 0.347 e. The van der Waals surface area contributed by atoms with Gasteiger partial charge in [-0.25, -0.2) is 8.78 Å². The van der Waals surface area contributed by atoms with Crippen LogP contribution in [-0.2, 0) is 17.8 Å². The number of carbonyl (C=O) groups is 1. The Bertz CT molecular complexity index is 1010. The first-order valence-corrected chi connectivity index (χ1v) is 11.0. The molecule has 1 N–H and O–H groups in total. The van der Waals surface area contributed by atoms with E-state index in [1.54, 1.807) is 18.3 Å². The Morgan fingerprint density at radius 1 is 1.00 bits per heavy atom. The Morgan fingerprint density at radius 2 is 1.69 bits per heavy atom. The highest BCUT2D eigenvalue weighted by atomic mass is 19.1. The number of pyridine rings is 1. The van der Waals surface area contributed by atoms with Crippen molar-refractivity contribution in [3.05, 3.63) is 101 Å². The molecule has 6 heteroatoms. The van der Waals surface area contributed by atoms with Crippen molar-refractivity contribution in [3.8, 4) is 0 Å². The van der Waals surface area contributed by atoms with Gasteiger partial charge in [0.1, 0.15) is 11.6 Å². The smallest absolute Gasteiger partial charge is 0.224 e. The fraction of sp³-hybridized carbons (Fsp3) is 0.308. The van der Waals surface area contributed by atoms with Crippen molar-refractivity contribution < 1.29 is 13.6 Å². The SMILES string of the molecule is O=C(Cc1ccc(F)cc1)NC(c1ccccn1)C1CCCN(Cc2ccc(F)cc2)C1. The van der Waals surface area contributed by atoms with Crippen LogP contribution in [-0.4, -0.2) is 28.9 Å². The number of rotatable bonds is 7. The van der Waals surface area contributed by atoms with Gasteiger partial charge in [-0.15, -0.1) is 0 Å². The third kappa shape index (κ3) is 5.98. The van der Waals surface area contributed by atoms with E-state index in [1.165, 1.54) is 24.3 Å². The zero-order valence-corrected chi connectivity index (χ0v) is 17.9. The number of nitrogens with one attached hydrogen (secondary N) is 1. The van der Waals surface area contributed by atoms with Crippen molar-refractivity contribution >= 4 is 5.91 Å². The molecule has 2 heterocycles. The molecule has 3 aromatic rings. The predicted octanol–water partition coefficient (Wildman–Crippen LogP) is 4.67. The fourth-order valence-corrected chi connectivity index (χ4v) is 4.36. The minimum absolute atomic E-state index is 0.108. The van der Waals surface area contributed by atoms with E-state index < -0.39 is 0 Å². The van der Waals surface area contributed by atoms with Gasteiger partial charge in [-0.1, -0.05) is 30.3 Å². The number of piperidine rings is 1. The van der Waals surface area contributed by atoms with Gasteiger partial charge in [-0.05, 0) is 72.8 Å². The highest BCUT2D eigenvalue weighted by Gasteiger charge is 2.30. The standard InChI is InChI=1S/C26H27F2N3O/c27-22-10-6-19(7-11-22)16-25(32)30-26(24-5-1-2-14-29-24)21-4-3-15-31(18-21)17-20-8-12-23(28)13-9-20/h1-2,5-14,21,26H,3-4,15-18H2,(H,30,32). The van der Waals surface area contributed by atoms with Gasteiger partial charge in [0.05, 0.1) is 18.2 Å². The summed E-state index contributed by atoms with van der Waals surface area (Å²) < 4.78 is 26.4. The quantitative estimate of drug-likeness (QED) is 0.587. The van der Waals surface area contributed by atoms with E-state index in [0.717, 1.165) is 49.3 Å². The Balaban J connectivity index is 1.46. The van der Waals surface area contributed by atoms with Crippen LogP contribution in [0, 0.1) is 17.6 Å². The summed E-state index contributed by atoms with van der Waals surface area (Å²) in [5, 5.41) is 3.19. The van der Waals surface area contributed by atoms with Crippen LogP contribution in [0.2, 0.25) is 0 Å². The molecule has 1 aromatic heterocycles. The number of hydrogen-bond donors (Lipinski definition) is 1. The first kappa shape index (κ1) is 22.1. The Kier molecular flexibility index (Phi) is 7.22. The van der Waals surface area contributed by atoms with Gasteiger partial charge in [-0.3, -0.25) is 14.7 Å². The van der Waals surface area contributed by atoms with Crippen LogP contribution in [0.15, 0.2) is 72.9 Å². The van der Waals surface area contributed by atoms with E-state index in [2.05, 4.69) is 15.2 Å². The molecule has 2 atom stereocenters. The lowest BCUT2D eigenvalue weighted by atomic mass is 9.88. The summed E-state index contributed by atoms with van der Waals surface area (Å²) in [4.78, 5) is 19.7. The highest BCUT2D eigenvalue weighted by Crippen LogP contribution is 2.30. The number of likely N-dealkylation sites (tertiary alicyclic amines) is 1. The van der Waals surface area contributed by atoms with E-state index in [9.17, 15) is 13.6 Å². The van der Waals surface area contributed by atoms with Gasteiger partial charge < -0.3 is 5.32 Å². The molecule has 0 saturated carbocycles. The van der Waals surface area contributed by atoms with Crippen LogP contribution in [0.25, 0.3) is 0 Å². The van der Waals surface area contributed by atoms with Crippen molar-refractivity contribution in [2.75, 3.05) is 13.1 Å². The zero-order chi connectivity index (χ0) is 22.3. The molecular weight excluding hydrogens is 408 g/mol. The van der Waals surface area contributed by atoms with Crippen molar-refractivity contribution in [2.24, 2.45) is 5.92 Å². The Morgan fingerprint density at radius 3 is 2.34 bits per heavy atom. The molecule has 0 radical (unpaired) electrons. The molecule has 0 spiro atoms. The second-order valence-electron chi connectivity index (χ2n) is 8.37. The molecule has 1 saturated heterocycles. The molecule has 0 aliphatic carbocycles. The number of amides is 1. The van der Waals surface area contributed by atoms with E-state index in [1.807, 2.05) is 30.3 Å². The number of halogens is 2. The molecule has 2 unspecified atom stereocenters. The average Bonchev–Trinajstić information content (AvgIpc) is 2.81. The molecular formula is C26H27F2N3O. The third-order valence-electron chi connectivity index (χ3n) is 5.93. The van der Waals surface area contributed by atoms with Gasteiger partial charge in [0.25, 0.3) is 0 Å². The van der Waals surface area contributed by atoms with Crippen LogP contribution in [0.5, 0.6) is 0 Å². The average molecular weight is 436 g/mol. The summed E-state index contributed by atoms with van der Waals surface area (Å²) in [6, 6.07) is 18.2. The lowest BCUT2D eigenvalue weighted by molar-refractivity contribution is -0.121. The Hall–Kier alpha value is -3.12. The minimum Gasteiger partial charge on any atom is -0.347 e. The minimum atomic E-state index is -0.316. The van der Waals surface area contributed by atoms with Crippen molar-refractivity contribution in [1.82, 2.24) is 15.2 Å². The number of benzene rings is 2. The molecule has 1 amide bonds. The first-order valence-electron chi connectivity index (χ1n) is 11.0. The second kappa shape index (κ2) is 10.5. The molecule has 1 fully saturated rings. The highest BCUT2D eigenvalue weighted by molar-refractivity contribution is 5.79. The van der Waals surface area contributed by atoms with Gasteiger partial charge in [0, 0.05) is 19.3 Å². The fourth-order valence-electron chi connectivity index (χ4n) is 4.36. The van der Waals surface area contributed by atoms with Gasteiger partial charge in [0.15, 0.2) is 0 Å². The normalized spacial score (nSPS) is 17.6. The van der Waals surface area contributed by atoms with Crippen LogP contribution in [0.3, 0.4) is 0 Å². The topological polar surface area (TPSA) is 45.2 Å². The van der Waals surface area contributed by atoms with Crippen LogP contribution in [0.1, 0.15) is 35.7 Å². The maximum atomic E-state index is 13.2. The summed E-state index contributed by atoms with van der Waals surface area (Å²) in [5.41, 5.74) is 2.68. The molecule has 1 aliphatic heterocycles. The molecule has 2 aromatic carbocycles. The van der Waals surface area contributed by atoms with Gasteiger partial charge in [0.2, 0.25) is 5.91 Å². The summed E-state index contributed by atoms with van der Waals surface area (Å²) in [7, 11) is 0. The van der Waals surface area contributed by atoms with Crippen LogP contribution < -0.4 is 5.32 Å². The van der Waals surface area contributed by atoms with Crippen LogP contribution >= 0.6 is 0 Å². The molecule has 1 aliphatic rings. The Labute approximate surface area is 187 Å². The molecule has 32 heavy (non-hydrogen) atoms. The van der Waals surface area contributed by atoms with E-state index >= 15 is 0 Å². The lowest BCUT2D eigenvalue weighted by Gasteiger charge is -2.37. The maximum Gasteiger partial charge on any atom is 0.224 e. The van der Waals surface area contributed by atoms with E-state index in [-0.39, 0.29) is 35.9 Å². The zero-order valence-electron chi connectivity index (χ0n) is 17.9. The molecule has 166 valence electrons. The monoisotopic (exact) mass is 435 g/mol. The third-order valence-corrected chi connectivity index (χ3v) is 5.93. The molecule has 4 nitrogen and oxygen atoms in total. The van der Waals surface area contributed by atoms with Gasteiger partial charge >= 0.3 is 0 Å². The summed E-state index contributed by atoms with van der Waals surface area (Å²) in [6.45, 7) is 2.52. The maximum absolute atomic E-state index is 13.2. The summed E-state index contributed by atoms with van der Waals surface area (Å²) >= 11 is 0. The van der Waals surface area contributed by atoms with Gasteiger partial charge in [-0.2, -0.15) is 0 Å². The molecule has 4 rings (SSSR count). The van der Waals surface area contributed by atoms with E-state index in [0.29, 0.717) is 0 Å². The van der Waals surface area contributed by atoms with Crippen molar-refractivity contribution in [3.63, 3.8) is 0 Å². The number of hydrogen-bond acceptors (Lipinski definition) is 3. The first-order chi connectivity index (χ1) is 15.6. The predicted molar refractivity (Wildman–Crippen MR) is 120 cm³/mol. The summed E-state index contributed by atoms with van der Waals surface area (Å²) in [6.07, 6.45) is 3.93. The van der Waals surface area contributed by atoms with Crippen molar-refractivity contribution in [2.45, 2.75) is 31.8 Å². The van der Waals surface area contributed by atoms with E-state index in [4.69, 9.17) is 0 Å². The van der Waals surface area contributed by atoms with Crippen LogP contribution in [0.4, 0.5) is 8.78 Å². The molecule has 0 bridgehead atoms. The number of aromatic nitrogens is 1. The second-order valence-corrected chi connectivity index (χ2v) is 8.37. The van der Waals surface area contributed by atoms with Crippen molar-refractivity contribution in [1.29, 1.82) is 0 Å². The number of carbonyl (C=O) groups excluding carboxylic acids is 1. The lowest BCUT2D eigenvalue weighted by Crippen LogP contribution is -2.43.